The van der Waals surface area contributed by atoms with E-state index in [9.17, 15) is 10.0 Å². The monoisotopic (exact) mass is 320 g/mol. The zero-order valence-electron chi connectivity index (χ0n) is 12.9. The summed E-state index contributed by atoms with van der Waals surface area (Å²) in [6.07, 6.45) is 2.83. The highest BCUT2D eigenvalue weighted by Gasteiger charge is 2.14. The molecule has 0 radical (unpaired) electrons. The molecule has 1 amide bonds. The van der Waals surface area contributed by atoms with Gasteiger partial charge in [-0.2, -0.15) is 4.73 Å². The van der Waals surface area contributed by atoms with Crippen LogP contribution >= 0.6 is 0 Å². The van der Waals surface area contributed by atoms with Gasteiger partial charge >= 0.3 is 0 Å². The predicted octanol–water partition coefficient (Wildman–Crippen LogP) is 2.85. The van der Waals surface area contributed by atoms with Crippen LogP contribution in [0.5, 0.6) is 0 Å². The van der Waals surface area contributed by atoms with Gasteiger partial charge in [-0.05, 0) is 17.7 Å². The van der Waals surface area contributed by atoms with Gasteiger partial charge in [-0.15, -0.1) is 0 Å². The first-order chi connectivity index (χ1) is 11.7. The molecule has 3 rings (SSSR count). The molecule has 3 aromatic rings. The van der Waals surface area contributed by atoms with Crippen LogP contribution in [0.4, 0.5) is 0 Å². The van der Waals surface area contributed by atoms with Crippen molar-refractivity contribution in [3.63, 3.8) is 0 Å². The predicted molar refractivity (Wildman–Crippen MR) is 89.5 cm³/mol. The molecule has 0 atom stereocenters. The Labute approximate surface area is 139 Å². The Morgan fingerprint density at radius 3 is 2.54 bits per heavy atom. The van der Waals surface area contributed by atoms with Gasteiger partial charge in [0.05, 0.1) is 6.61 Å². The molecule has 24 heavy (non-hydrogen) atoms. The number of hydrogen-bond acceptors (Lipinski definition) is 3. The number of benzene rings is 2. The SMILES string of the molecule is O=C(NOCc1ccccc1)c1ccccc1-c1ccc[n+]([O-])c1. The number of hydrogen-bond donors (Lipinski definition) is 1. The van der Waals surface area contributed by atoms with Gasteiger partial charge in [-0.25, -0.2) is 5.48 Å². The molecule has 5 heteroatoms. The Hall–Kier alpha value is -3.18. The van der Waals surface area contributed by atoms with Crippen molar-refractivity contribution in [2.24, 2.45) is 0 Å². The molecule has 2 aromatic carbocycles. The highest BCUT2D eigenvalue weighted by atomic mass is 16.6. The molecule has 0 spiro atoms. The molecular formula is C19H16N2O3. The molecule has 0 unspecified atom stereocenters. The van der Waals surface area contributed by atoms with E-state index < -0.39 is 0 Å². The molecule has 1 N–H and O–H groups in total. The summed E-state index contributed by atoms with van der Waals surface area (Å²) < 4.78 is 0.704. The number of carbonyl (C=O) groups excluding carboxylic acids is 1. The third-order valence-electron chi connectivity index (χ3n) is 3.50. The van der Waals surface area contributed by atoms with E-state index in [1.807, 2.05) is 36.4 Å². The molecule has 0 fully saturated rings. The topological polar surface area (TPSA) is 65.3 Å². The Morgan fingerprint density at radius 1 is 1.00 bits per heavy atom. The zero-order chi connectivity index (χ0) is 16.8. The van der Waals surface area contributed by atoms with E-state index in [2.05, 4.69) is 5.48 Å². The van der Waals surface area contributed by atoms with E-state index in [1.165, 1.54) is 12.4 Å². The minimum absolute atomic E-state index is 0.278. The number of rotatable bonds is 5. The third-order valence-corrected chi connectivity index (χ3v) is 3.50. The maximum absolute atomic E-state index is 12.4. The number of pyridine rings is 1. The Bertz CT molecular complexity index is 835. The lowest BCUT2D eigenvalue weighted by atomic mass is 10.0. The first-order valence-corrected chi connectivity index (χ1v) is 7.48. The average Bonchev–Trinajstić information content (AvgIpc) is 2.62. The summed E-state index contributed by atoms with van der Waals surface area (Å²) in [5, 5.41) is 11.5. The van der Waals surface area contributed by atoms with Gasteiger partial charge in [0.2, 0.25) is 0 Å². The van der Waals surface area contributed by atoms with Crippen molar-refractivity contribution in [3.05, 3.63) is 95.5 Å². The average molecular weight is 320 g/mol. The Balaban J connectivity index is 1.73. The number of carbonyl (C=O) groups is 1. The lowest BCUT2D eigenvalue weighted by Gasteiger charge is -2.10. The van der Waals surface area contributed by atoms with Crippen LogP contribution in [0.1, 0.15) is 15.9 Å². The fourth-order valence-electron chi connectivity index (χ4n) is 2.36. The van der Waals surface area contributed by atoms with Crippen LogP contribution < -0.4 is 10.2 Å². The van der Waals surface area contributed by atoms with Gasteiger partial charge in [0.15, 0.2) is 12.4 Å². The van der Waals surface area contributed by atoms with Crippen LogP contribution in [0.25, 0.3) is 11.1 Å². The molecule has 1 heterocycles. The first-order valence-electron chi connectivity index (χ1n) is 7.48. The molecule has 0 saturated heterocycles. The standard InChI is InChI=1S/C19H16N2O3/c22-19(20-24-14-15-7-2-1-3-8-15)18-11-5-4-10-17(18)16-9-6-12-21(23)13-16/h1-13H,14H2,(H,20,22). The quantitative estimate of drug-likeness (QED) is 0.446. The summed E-state index contributed by atoms with van der Waals surface area (Å²) in [6.45, 7) is 0.278. The van der Waals surface area contributed by atoms with Gasteiger partial charge < -0.3 is 5.21 Å². The minimum atomic E-state index is -0.358. The van der Waals surface area contributed by atoms with Crippen LogP contribution in [-0.2, 0) is 11.4 Å². The molecule has 5 nitrogen and oxygen atoms in total. The number of hydroxylamine groups is 1. The summed E-state index contributed by atoms with van der Waals surface area (Å²) in [7, 11) is 0. The molecule has 1 aromatic heterocycles. The summed E-state index contributed by atoms with van der Waals surface area (Å²) in [6, 6.07) is 20.1. The van der Waals surface area contributed by atoms with Gasteiger partial charge in [0.1, 0.15) is 0 Å². The number of amides is 1. The van der Waals surface area contributed by atoms with Crippen LogP contribution in [0.2, 0.25) is 0 Å². The van der Waals surface area contributed by atoms with Gasteiger partial charge in [-0.3, -0.25) is 9.63 Å². The van der Waals surface area contributed by atoms with Crippen LogP contribution in [-0.4, -0.2) is 5.91 Å². The van der Waals surface area contributed by atoms with Crippen LogP contribution in [0.3, 0.4) is 0 Å². The second kappa shape index (κ2) is 7.39. The number of nitrogens with one attached hydrogen (secondary N) is 1. The molecule has 0 saturated carbocycles. The fraction of sp³-hybridized carbons (Fsp3) is 0.0526. The van der Waals surface area contributed by atoms with E-state index in [1.54, 1.807) is 30.3 Å². The van der Waals surface area contributed by atoms with Crippen LogP contribution in [0.15, 0.2) is 79.1 Å². The van der Waals surface area contributed by atoms with E-state index in [0.717, 1.165) is 5.56 Å². The Kier molecular flexibility index (Phi) is 4.84. The normalized spacial score (nSPS) is 10.3. The fourth-order valence-corrected chi connectivity index (χ4v) is 2.36. The number of nitrogens with zero attached hydrogens (tertiary/aromatic N) is 1. The molecule has 0 aliphatic heterocycles. The van der Waals surface area contributed by atoms with Gasteiger partial charge in [0.25, 0.3) is 5.91 Å². The lowest BCUT2D eigenvalue weighted by molar-refractivity contribution is -0.604. The van der Waals surface area contributed by atoms with Crippen molar-refractivity contribution < 1.29 is 14.4 Å². The molecular weight excluding hydrogens is 304 g/mol. The minimum Gasteiger partial charge on any atom is -0.619 e. The lowest BCUT2D eigenvalue weighted by Crippen LogP contribution is -2.25. The molecule has 0 aliphatic carbocycles. The van der Waals surface area contributed by atoms with Crippen molar-refractivity contribution in [3.8, 4) is 11.1 Å². The van der Waals surface area contributed by atoms with Crippen molar-refractivity contribution in [2.75, 3.05) is 0 Å². The summed E-state index contributed by atoms with van der Waals surface area (Å²) >= 11 is 0. The van der Waals surface area contributed by atoms with Crippen molar-refractivity contribution >= 4 is 5.91 Å². The number of aromatic nitrogens is 1. The van der Waals surface area contributed by atoms with Crippen molar-refractivity contribution in [1.82, 2.24) is 5.48 Å². The van der Waals surface area contributed by atoms with E-state index in [-0.39, 0.29) is 12.5 Å². The highest BCUT2D eigenvalue weighted by molar-refractivity contribution is 6.00. The smallest absolute Gasteiger partial charge is 0.275 e. The van der Waals surface area contributed by atoms with Gasteiger partial charge in [-0.1, -0.05) is 48.5 Å². The van der Waals surface area contributed by atoms with Crippen molar-refractivity contribution in [2.45, 2.75) is 6.61 Å². The largest absolute Gasteiger partial charge is 0.619 e. The first kappa shape index (κ1) is 15.7. The maximum Gasteiger partial charge on any atom is 0.275 e. The second-order valence-electron chi connectivity index (χ2n) is 5.20. The molecule has 120 valence electrons. The maximum atomic E-state index is 12.4. The Morgan fingerprint density at radius 2 is 1.75 bits per heavy atom. The zero-order valence-corrected chi connectivity index (χ0v) is 12.9. The van der Waals surface area contributed by atoms with E-state index >= 15 is 0 Å². The third kappa shape index (κ3) is 3.77. The van der Waals surface area contributed by atoms with E-state index in [0.29, 0.717) is 21.4 Å². The highest BCUT2D eigenvalue weighted by Crippen LogP contribution is 2.22. The summed E-state index contributed by atoms with van der Waals surface area (Å²) in [5.74, 6) is -0.358. The molecule has 0 bridgehead atoms. The summed E-state index contributed by atoms with van der Waals surface area (Å²) in [5.41, 5.74) is 5.19. The second-order valence-corrected chi connectivity index (χ2v) is 5.20. The van der Waals surface area contributed by atoms with E-state index in [4.69, 9.17) is 4.84 Å². The molecule has 0 aliphatic rings. The van der Waals surface area contributed by atoms with Gasteiger partial charge in [0, 0.05) is 22.8 Å². The van der Waals surface area contributed by atoms with Crippen molar-refractivity contribution in [1.29, 1.82) is 0 Å². The van der Waals surface area contributed by atoms with Crippen LogP contribution in [0, 0.1) is 5.21 Å². The summed E-state index contributed by atoms with van der Waals surface area (Å²) in [4.78, 5) is 17.7.